The number of carbonyl (C=O) groups is 2. The fraction of sp³-hybridized carbons (Fsp3) is 0.429. The van der Waals surface area contributed by atoms with Crippen molar-refractivity contribution in [2.24, 2.45) is 5.92 Å². The number of amides is 1. The Kier molecular flexibility index (Phi) is 4.24. The molecule has 1 aliphatic heterocycles. The fourth-order valence-corrected chi connectivity index (χ4v) is 2.66. The van der Waals surface area contributed by atoms with Gasteiger partial charge in [0.05, 0.1) is 5.69 Å². The maximum atomic E-state index is 12.3. The molecule has 5 heteroatoms. The van der Waals surface area contributed by atoms with Crippen molar-refractivity contribution < 1.29 is 14.3 Å². The van der Waals surface area contributed by atoms with Gasteiger partial charge in [-0.3, -0.25) is 9.59 Å². The Bertz CT molecular complexity index is 528. The maximum absolute atomic E-state index is 12.3. The van der Waals surface area contributed by atoms with Crippen LogP contribution < -0.4 is 10.1 Å². The van der Waals surface area contributed by atoms with Gasteiger partial charge in [0.25, 0.3) is 5.91 Å². The molecule has 0 bridgehead atoms. The lowest BCUT2D eigenvalue weighted by atomic mass is 9.95. The van der Waals surface area contributed by atoms with E-state index in [-0.39, 0.29) is 24.2 Å². The monoisotopic (exact) mass is 325 g/mol. The lowest BCUT2D eigenvalue weighted by molar-refractivity contribution is -0.118. The molecule has 1 unspecified atom stereocenters. The molecule has 19 heavy (non-hydrogen) atoms. The van der Waals surface area contributed by atoms with Gasteiger partial charge in [-0.15, -0.1) is 0 Å². The van der Waals surface area contributed by atoms with E-state index >= 15 is 0 Å². The topological polar surface area (TPSA) is 55.4 Å². The minimum atomic E-state index is -0.183. The SMILES string of the molecule is CCCC(C)C(=O)c1cc2c(cc1Br)NC(=O)CO2. The van der Waals surface area contributed by atoms with E-state index in [2.05, 4.69) is 28.2 Å². The van der Waals surface area contributed by atoms with Crippen LogP contribution in [0.4, 0.5) is 5.69 Å². The molecule has 1 N–H and O–H groups in total. The van der Waals surface area contributed by atoms with E-state index in [1.165, 1.54) is 0 Å². The molecular formula is C14H16BrNO3. The van der Waals surface area contributed by atoms with Gasteiger partial charge in [-0.1, -0.05) is 20.3 Å². The molecule has 1 aliphatic rings. The predicted octanol–water partition coefficient (Wildman–Crippen LogP) is 3.40. The number of hydrogen-bond donors (Lipinski definition) is 1. The van der Waals surface area contributed by atoms with Crippen LogP contribution in [0.5, 0.6) is 5.75 Å². The normalized spacial score (nSPS) is 15.2. The molecule has 0 aliphatic carbocycles. The quantitative estimate of drug-likeness (QED) is 0.863. The van der Waals surface area contributed by atoms with Gasteiger partial charge < -0.3 is 10.1 Å². The van der Waals surface area contributed by atoms with Gasteiger partial charge in [-0.05, 0) is 34.5 Å². The van der Waals surface area contributed by atoms with Gasteiger partial charge in [0, 0.05) is 16.0 Å². The van der Waals surface area contributed by atoms with Crippen LogP contribution >= 0.6 is 15.9 Å². The van der Waals surface area contributed by atoms with Crippen LogP contribution in [-0.2, 0) is 4.79 Å². The molecule has 1 heterocycles. The summed E-state index contributed by atoms with van der Waals surface area (Å²) >= 11 is 3.39. The number of fused-ring (bicyclic) bond motifs is 1. The lowest BCUT2D eigenvalue weighted by Gasteiger charge is -2.20. The summed E-state index contributed by atoms with van der Waals surface area (Å²) in [5.41, 5.74) is 1.21. The van der Waals surface area contributed by atoms with Crippen molar-refractivity contribution in [2.75, 3.05) is 11.9 Å². The molecule has 0 spiro atoms. The van der Waals surface area contributed by atoms with E-state index in [1.54, 1.807) is 12.1 Å². The Hall–Kier alpha value is -1.36. The number of hydrogen-bond acceptors (Lipinski definition) is 3. The van der Waals surface area contributed by atoms with Crippen molar-refractivity contribution in [2.45, 2.75) is 26.7 Å². The highest BCUT2D eigenvalue weighted by Crippen LogP contribution is 2.35. The number of Topliss-reactive ketones (excluding diaryl/α,β-unsaturated/α-hetero) is 1. The molecule has 0 aromatic heterocycles. The van der Waals surface area contributed by atoms with Crippen molar-refractivity contribution in [3.8, 4) is 5.75 Å². The number of nitrogens with one attached hydrogen (secondary N) is 1. The number of benzene rings is 1. The van der Waals surface area contributed by atoms with Crippen molar-refractivity contribution in [1.82, 2.24) is 0 Å². The highest BCUT2D eigenvalue weighted by atomic mass is 79.9. The summed E-state index contributed by atoms with van der Waals surface area (Å²) in [5.74, 6) is 0.447. The third kappa shape index (κ3) is 2.97. The standard InChI is InChI=1S/C14H16BrNO3/c1-3-4-8(2)14(18)9-5-12-11(6-10(9)15)16-13(17)7-19-12/h5-6,8H,3-4,7H2,1-2H3,(H,16,17). The number of rotatable bonds is 4. The van der Waals surface area contributed by atoms with Gasteiger partial charge in [0.2, 0.25) is 0 Å². The number of anilines is 1. The molecular weight excluding hydrogens is 310 g/mol. The molecule has 1 aromatic carbocycles. The molecule has 0 saturated heterocycles. The van der Waals surface area contributed by atoms with E-state index in [0.717, 1.165) is 12.8 Å². The van der Waals surface area contributed by atoms with Crippen LogP contribution in [0.2, 0.25) is 0 Å². The van der Waals surface area contributed by atoms with Gasteiger partial charge in [0.1, 0.15) is 5.75 Å². The van der Waals surface area contributed by atoms with Crippen molar-refractivity contribution in [1.29, 1.82) is 0 Å². The third-order valence-electron chi connectivity index (χ3n) is 3.14. The van der Waals surface area contributed by atoms with Crippen LogP contribution in [0.3, 0.4) is 0 Å². The van der Waals surface area contributed by atoms with Gasteiger partial charge >= 0.3 is 0 Å². The summed E-state index contributed by atoms with van der Waals surface area (Å²) in [6.45, 7) is 3.98. The third-order valence-corrected chi connectivity index (χ3v) is 3.79. The van der Waals surface area contributed by atoms with Gasteiger partial charge in [-0.25, -0.2) is 0 Å². The first-order valence-corrected chi connectivity index (χ1v) is 7.12. The van der Waals surface area contributed by atoms with Crippen molar-refractivity contribution in [3.05, 3.63) is 22.2 Å². The van der Waals surface area contributed by atoms with E-state index in [1.807, 2.05) is 6.92 Å². The Balaban J connectivity index is 2.32. The zero-order chi connectivity index (χ0) is 14.0. The zero-order valence-corrected chi connectivity index (χ0v) is 12.5. The second kappa shape index (κ2) is 5.74. The zero-order valence-electron chi connectivity index (χ0n) is 11.0. The van der Waals surface area contributed by atoms with Crippen molar-refractivity contribution in [3.63, 3.8) is 0 Å². The van der Waals surface area contributed by atoms with E-state index in [0.29, 0.717) is 21.5 Å². The summed E-state index contributed by atoms with van der Waals surface area (Å²) < 4.78 is 6.02. The first kappa shape index (κ1) is 14.1. The van der Waals surface area contributed by atoms with E-state index in [9.17, 15) is 9.59 Å². The minimum Gasteiger partial charge on any atom is -0.482 e. The molecule has 0 fully saturated rings. The molecule has 1 aromatic rings. The fourth-order valence-electron chi connectivity index (χ4n) is 2.12. The van der Waals surface area contributed by atoms with E-state index in [4.69, 9.17) is 4.74 Å². The van der Waals surface area contributed by atoms with Crippen LogP contribution in [0, 0.1) is 5.92 Å². The Morgan fingerprint density at radius 1 is 1.53 bits per heavy atom. The highest BCUT2D eigenvalue weighted by Gasteiger charge is 2.22. The maximum Gasteiger partial charge on any atom is 0.262 e. The second-order valence-corrected chi connectivity index (χ2v) is 5.57. The number of carbonyl (C=O) groups excluding carboxylic acids is 2. The molecule has 102 valence electrons. The minimum absolute atomic E-state index is 0.00717. The summed E-state index contributed by atoms with van der Waals surface area (Å²) in [4.78, 5) is 23.6. The summed E-state index contributed by atoms with van der Waals surface area (Å²) in [6.07, 6.45) is 1.84. The average molecular weight is 326 g/mol. The van der Waals surface area contributed by atoms with Crippen molar-refractivity contribution >= 4 is 33.3 Å². The molecule has 4 nitrogen and oxygen atoms in total. The lowest BCUT2D eigenvalue weighted by Crippen LogP contribution is -2.25. The predicted molar refractivity (Wildman–Crippen MR) is 76.7 cm³/mol. The molecule has 2 rings (SSSR count). The highest BCUT2D eigenvalue weighted by molar-refractivity contribution is 9.10. The molecule has 0 saturated carbocycles. The summed E-state index contributed by atoms with van der Waals surface area (Å²) in [5, 5.41) is 2.72. The van der Waals surface area contributed by atoms with E-state index < -0.39 is 0 Å². The van der Waals surface area contributed by atoms with Crippen LogP contribution in [0.15, 0.2) is 16.6 Å². The molecule has 1 atom stereocenters. The Morgan fingerprint density at radius 3 is 2.95 bits per heavy atom. The second-order valence-electron chi connectivity index (χ2n) is 4.72. The number of halogens is 1. The smallest absolute Gasteiger partial charge is 0.262 e. The van der Waals surface area contributed by atoms with Crippen LogP contribution in [0.25, 0.3) is 0 Å². The Labute approximate surface area is 120 Å². The number of ether oxygens (including phenoxy) is 1. The van der Waals surface area contributed by atoms with Crippen LogP contribution in [-0.4, -0.2) is 18.3 Å². The Morgan fingerprint density at radius 2 is 2.26 bits per heavy atom. The van der Waals surface area contributed by atoms with Gasteiger partial charge in [-0.2, -0.15) is 0 Å². The summed E-state index contributed by atoms with van der Waals surface area (Å²) in [6, 6.07) is 3.42. The first-order valence-electron chi connectivity index (χ1n) is 6.33. The molecule has 0 radical (unpaired) electrons. The average Bonchev–Trinajstić information content (AvgIpc) is 2.37. The van der Waals surface area contributed by atoms with Gasteiger partial charge in [0.15, 0.2) is 12.4 Å². The summed E-state index contributed by atoms with van der Waals surface area (Å²) in [7, 11) is 0. The molecule has 1 amide bonds. The largest absolute Gasteiger partial charge is 0.482 e. The first-order chi connectivity index (χ1) is 9.02. The number of ketones is 1. The van der Waals surface area contributed by atoms with Crippen LogP contribution in [0.1, 0.15) is 37.0 Å².